The Morgan fingerprint density at radius 2 is 2.05 bits per heavy atom. The first-order chi connectivity index (χ1) is 10.7. The third-order valence-corrected chi connectivity index (χ3v) is 4.21. The highest BCUT2D eigenvalue weighted by Gasteiger charge is 2.13. The zero-order valence-electron chi connectivity index (χ0n) is 12.3. The smallest absolute Gasteiger partial charge is 0.228 e. The van der Waals surface area contributed by atoms with Crippen molar-refractivity contribution in [2.45, 2.75) is 19.3 Å². The second-order valence-corrected chi connectivity index (χ2v) is 6.37. The first-order valence-corrected chi connectivity index (χ1v) is 8.25. The SMILES string of the molecule is O=C(Cc1cccc(Br)c1)Nc1ccc(N2CCCC2)nc1. The van der Waals surface area contributed by atoms with Crippen molar-refractivity contribution in [2.24, 2.45) is 0 Å². The number of benzene rings is 1. The van der Waals surface area contributed by atoms with Gasteiger partial charge >= 0.3 is 0 Å². The molecule has 1 aliphatic rings. The van der Waals surface area contributed by atoms with Crippen LogP contribution in [0.3, 0.4) is 0 Å². The Morgan fingerprint density at radius 1 is 1.23 bits per heavy atom. The average Bonchev–Trinajstić information content (AvgIpc) is 3.02. The average molecular weight is 360 g/mol. The summed E-state index contributed by atoms with van der Waals surface area (Å²) in [5, 5.41) is 2.89. The fraction of sp³-hybridized carbons (Fsp3) is 0.294. The second kappa shape index (κ2) is 6.92. The Morgan fingerprint density at radius 3 is 2.73 bits per heavy atom. The van der Waals surface area contributed by atoms with E-state index in [0.29, 0.717) is 6.42 Å². The van der Waals surface area contributed by atoms with Gasteiger partial charge in [-0.1, -0.05) is 28.1 Å². The molecule has 0 saturated carbocycles. The highest BCUT2D eigenvalue weighted by Crippen LogP contribution is 2.19. The molecular formula is C17H18BrN3O. The Bertz CT molecular complexity index is 651. The number of carbonyl (C=O) groups excluding carboxylic acids is 1. The van der Waals surface area contributed by atoms with Gasteiger partial charge in [-0.25, -0.2) is 4.98 Å². The number of carbonyl (C=O) groups is 1. The predicted molar refractivity (Wildman–Crippen MR) is 92.2 cm³/mol. The van der Waals surface area contributed by atoms with E-state index < -0.39 is 0 Å². The van der Waals surface area contributed by atoms with Crippen molar-refractivity contribution in [1.82, 2.24) is 4.98 Å². The van der Waals surface area contributed by atoms with Crippen molar-refractivity contribution in [1.29, 1.82) is 0 Å². The number of rotatable bonds is 4. The van der Waals surface area contributed by atoms with Crippen molar-refractivity contribution >= 4 is 33.3 Å². The van der Waals surface area contributed by atoms with Gasteiger partial charge in [0.15, 0.2) is 0 Å². The van der Waals surface area contributed by atoms with Crippen molar-refractivity contribution in [3.63, 3.8) is 0 Å². The van der Waals surface area contributed by atoms with Crippen LogP contribution in [0.2, 0.25) is 0 Å². The molecule has 0 bridgehead atoms. The molecule has 1 fully saturated rings. The highest BCUT2D eigenvalue weighted by molar-refractivity contribution is 9.10. The fourth-order valence-electron chi connectivity index (χ4n) is 2.63. The van der Waals surface area contributed by atoms with Crippen LogP contribution in [0, 0.1) is 0 Å². The molecule has 5 heteroatoms. The first kappa shape index (κ1) is 15.0. The summed E-state index contributed by atoms with van der Waals surface area (Å²) < 4.78 is 0.981. The number of hydrogen-bond acceptors (Lipinski definition) is 3. The molecule has 0 aliphatic carbocycles. The molecule has 1 N–H and O–H groups in total. The van der Waals surface area contributed by atoms with Crippen molar-refractivity contribution < 1.29 is 4.79 Å². The molecule has 0 radical (unpaired) electrons. The van der Waals surface area contributed by atoms with E-state index in [-0.39, 0.29) is 5.91 Å². The molecule has 1 aliphatic heterocycles. The van der Waals surface area contributed by atoms with Crippen LogP contribution in [0.5, 0.6) is 0 Å². The molecule has 0 atom stereocenters. The normalized spacial score (nSPS) is 14.1. The minimum atomic E-state index is -0.0335. The molecule has 3 rings (SSSR count). The number of anilines is 2. The summed E-state index contributed by atoms with van der Waals surface area (Å²) in [6.45, 7) is 2.14. The largest absolute Gasteiger partial charge is 0.357 e. The first-order valence-electron chi connectivity index (χ1n) is 7.46. The maximum atomic E-state index is 12.1. The molecule has 22 heavy (non-hydrogen) atoms. The minimum absolute atomic E-state index is 0.0335. The Balaban J connectivity index is 1.59. The van der Waals surface area contributed by atoms with E-state index in [2.05, 4.69) is 31.1 Å². The summed E-state index contributed by atoms with van der Waals surface area (Å²) in [6.07, 6.45) is 4.54. The van der Waals surface area contributed by atoms with E-state index in [9.17, 15) is 4.79 Å². The fourth-order valence-corrected chi connectivity index (χ4v) is 3.08. The van der Waals surface area contributed by atoms with E-state index in [1.807, 2.05) is 36.4 Å². The van der Waals surface area contributed by atoms with Crippen molar-refractivity contribution in [2.75, 3.05) is 23.3 Å². The highest BCUT2D eigenvalue weighted by atomic mass is 79.9. The van der Waals surface area contributed by atoms with E-state index in [1.54, 1.807) is 6.20 Å². The topological polar surface area (TPSA) is 45.2 Å². The van der Waals surface area contributed by atoms with E-state index >= 15 is 0 Å². The number of nitrogens with zero attached hydrogens (tertiary/aromatic N) is 2. The Labute approximate surface area is 138 Å². The molecule has 0 unspecified atom stereocenters. The Hall–Kier alpha value is -1.88. The molecule has 2 heterocycles. The van der Waals surface area contributed by atoms with E-state index in [1.165, 1.54) is 12.8 Å². The summed E-state index contributed by atoms with van der Waals surface area (Å²) >= 11 is 3.41. The number of amides is 1. The molecular weight excluding hydrogens is 342 g/mol. The van der Waals surface area contributed by atoms with Gasteiger partial charge in [-0.15, -0.1) is 0 Å². The van der Waals surface area contributed by atoms with E-state index in [4.69, 9.17) is 0 Å². The van der Waals surface area contributed by atoms with Crippen LogP contribution in [0.15, 0.2) is 47.1 Å². The van der Waals surface area contributed by atoms with Crippen molar-refractivity contribution in [3.8, 4) is 0 Å². The van der Waals surface area contributed by atoms with Gasteiger partial charge in [-0.2, -0.15) is 0 Å². The van der Waals surface area contributed by atoms with Crippen LogP contribution in [0.4, 0.5) is 11.5 Å². The zero-order valence-corrected chi connectivity index (χ0v) is 13.8. The van der Waals surface area contributed by atoms with Gasteiger partial charge in [0.25, 0.3) is 0 Å². The van der Waals surface area contributed by atoms with Gasteiger partial charge in [0.1, 0.15) is 5.82 Å². The molecule has 1 aromatic heterocycles. The number of nitrogens with one attached hydrogen (secondary N) is 1. The van der Waals surface area contributed by atoms with Gasteiger partial charge < -0.3 is 10.2 Å². The van der Waals surface area contributed by atoms with Gasteiger partial charge in [0, 0.05) is 17.6 Å². The van der Waals surface area contributed by atoms with E-state index in [0.717, 1.165) is 34.6 Å². The lowest BCUT2D eigenvalue weighted by Crippen LogP contribution is -2.19. The van der Waals surface area contributed by atoms with Crippen LogP contribution in [-0.2, 0) is 11.2 Å². The van der Waals surface area contributed by atoms with Crippen LogP contribution >= 0.6 is 15.9 Å². The van der Waals surface area contributed by atoms with Gasteiger partial charge in [-0.05, 0) is 42.7 Å². The van der Waals surface area contributed by atoms with Gasteiger partial charge in [0.05, 0.1) is 18.3 Å². The lowest BCUT2D eigenvalue weighted by molar-refractivity contribution is -0.115. The molecule has 0 spiro atoms. The quantitative estimate of drug-likeness (QED) is 0.906. The number of aromatic nitrogens is 1. The number of pyridine rings is 1. The zero-order chi connectivity index (χ0) is 15.4. The number of halogens is 1. The molecule has 4 nitrogen and oxygen atoms in total. The molecule has 114 valence electrons. The molecule has 1 saturated heterocycles. The maximum absolute atomic E-state index is 12.1. The standard InChI is InChI=1S/C17H18BrN3O/c18-14-5-3-4-13(10-14)11-17(22)20-15-6-7-16(19-12-15)21-8-1-2-9-21/h3-7,10,12H,1-2,8-9,11H2,(H,20,22). The second-order valence-electron chi connectivity index (χ2n) is 5.45. The monoisotopic (exact) mass is 359 g/mol. The Kier molecular flexibility index (Phi) is 4.73. The summed E-state index contributed by atoms with van der Waals surface area (Å²) in [5.74, 6) is 0.955. The number of hydrogen-bond donors (Lipinski definition) is 1. The minimum Gasteiger partial charge on any atom is -0.357 e. The van der Waals surface area contributed by atoms with Crippen LogP contribution in [0.25, 0.3) is 0 Å². The summed E-state index contributed by atoms with van der Waals surface area (Å²) in [4.78, 5) is 18.8. The van der Waals surface area contributed by atoms with Crippen LogP contribution in [-0.4, -0.2) is 24.0 Å². The molecule has 1 aromatic carbocycles. The van der Waals surface area contributed by atoms with Crippen LogP contribution < -0.4 is 10.2 Å². The van der Waals surface area contributed by atoms with Gasteiger partial charge in [-0.3, -0.25) is 4.79 Å². The maximum Gasteiger partial charge on any atom is 0.228 e. The lowest BCUT2D eigenvalue weighted by Gasteiger charge is -2.16. The third-order valence-electron chi connectivity index (χ3n) is 3.72. The summed E-state index contributed by atoms with van der Waals surface area (Å²) in [6, 6.07) is 11.7. The molecule has 2 aromatic rings. The lowest BCUT2D eigenvalue weighted by atomic mass is 10.1. The van der Waals surface area contributed by atoms with Crippen LogP contribution in [0.1, 0.15) is 18.4 Å². The summed E-state index contributed by atoms with van der Waals surface area (Å²) in [7, 11) is 0. The third kappa shape index (κ3) is 3.85. The van der Waals surface area contributed by atoms with Gasteiger partial charge in [0.2, 0.25) is 5.91 Å². The molecule has 1 amide bonds. The van der Waals surface area contributed by atoms with Crippen molar-refractivity contribution in [3.05, 3.63) is 52.6 Å². The predicted octanol–water partition coefficient (Wildman–Crippen LogP) is 3.63. The summed E-state index contributed by atoms with van der Waals surface area (Å²) in [5.41, 5.74) is 1.72.